The molecule has 3 aromatic heterocycles. The Bertz CT molecular complexity index is 1510. The van der Waals surface area contributed by atoms with E-state index in [4.69, 9.17) is 16.3 Å². The fraction of sp³-hybridized carbons (Fsp3) is 0.370. The number of nitrogens with zero attached hydrogens (tertiary/aromatic N) is 5. The largest absolute Gasteiger partial charge is 0.380 e. The summed E-state index contributed by atoms with van der Waals surface area (Å²) in [4.78, 5) is 19.7. The number of rotatable bonds is 7. The molecule has 0 unspecified atom stereocenters. The summed E-state index contributed by atoms with van der Waals surface area (Å²) >= 11 is 6.07. The zero-order valence-electron chi connectivity index (χ0n) is 20.2. The number of pyridine rings is 1. The van der Waals surface area contributed by atoms with E-state index < -0.39 is 5.82 Å². The van der Waals surface area contributed by atoms with Crippen LogP contribution in [-0.4, -0.2) is 51.4 Å². The van der Waals surface area contributed by atoms with Crippen LogP contribution in [-0.2, 0) is 17.8 Å². The monoisotopic (exact) mass is 520 g/mol. The van der Waals surface area contributed by atoms with Crippen molar-refractivity contribution in [3.05, 3.63) is 82.3 Å². The lowest BCUT2D eigenvalue weighted by Crippen LogP contribution is -2.66. The Labute approximate surface area is 218 Å². The van der Waals surface area contributed by atoms with Gasteiger partial charge in [-0.15, -0.1) is 0 Å². The van der Waals surface area contributed by atoms with E-state index in [-0.39, 0.29) is 22.9 Å². The molecule has 4 aromatic rings. The predicted octanol–water partition coefficient (Wildman–Crippen LogP) is 4.02. The maximum absolute atomic E-state index is 15.0. The predicted molar refractivity (Wildman–Crippen MR) is 137 cm³/mol. The molecule has 0 bridgehead atoms. The Balaban J connectivity index is 1.02. The molecule has 1 aromatic carbocycles. The standard InChI is InChI=1S/C27H26ClFN6O2/c28-22-4-5-23(34-13-27(14-34)15-37-16-27)21(25(22)29)8-30-26(36)19-7-31-35(10-19)12-20-11-33-9-18(17-1-2-17)3-6-24(33)32-20/h3-7,9-11,17H,1-2,8,12-16H2,(H,30,36). The van der Waals surface area contributed by atoms with Gasteiger partial charge in [-0.25, -0.2) is 9.37 Å². The average Bonchev–Trinajstić information content (AvgIpc) is 3.45. The van der Waals surface area contributed by atoms with Crippen molar-refractivity contribution in [1.82, 2.24) is 24.5 Å². The topological polar surface area (TPSA) is 76.7 Å². The highest BCUT2D eigenvalue weighted by Gasteiger charge is 2.49. The van der Waals surface area contributed by atoms with Crippen molar-refractivity contribution in [2.24, 2.45) is 5.41 Å². The lowest BCUT2D eigenvalue weighted by molar-refractivity contribution is -0.127. The third-order valence-electron chi connectivity index (χ3n) is 7.60. The van der Waals surface area contributed by atoms with Gasteiger partial charge >= 0.3 is 0 Å². The Morgan fingerprint density at radius 1 is 1.16 bits per heavy atom. The highest BCUT2D eigenvalue weighted by Crippen LogP contribution is 2.42. The van der Waals surface area contributed by atoms with Crippen LogP contribution in [0, 0.1) is 11.2 Å². The molecular weight excluding hydrogens is 495 g/mol. The van der Waals surface area contributed by atoms with E-state index in [1.165, 1.54) is 24.6 Å². The summed E-state index contributed by atoms with van der Waals surface area (Å²) in [6, 6.07) is 7.58. The first-order valence-corrected chi connectivity index (χ1v) is 12.9. The highest BCUT2D eigenvalue weighted by molar-refractivity contribution is 6.30. The molecule has 2 aliphatic heterocycles. The van der Waals surface area contributed by atoms with Crippen LogP contribution >= 0.6 is 11.6 Å². The summed E-state index contributed by atoms with van der Waals surface area (Å²) in [5.74, 6) is -0.149. The van der Waals surface area contributed by atoms with Gasteiger partial charge in [-0.1, -0.05) is 17.7 Å². The number of benzene rings is 1. The van der Waals surface area contributed by atoms with Crippen LogP contribution in [0.3, 0.4) is 0 Å². The normalized spacial score (nSPS) is 18.2. The van der Waals surface area contributed by atoms with Crippen molar-refractivity contribution in [2.75, 3.05) is 31.2 Å². The van der Waals surface area contributed by atoms with Crippen LogP contribution in [0.25, 0.3) is 5.65 Å². The van der Waals surface area contributed by atoms with E-state index in [2.05, 4.69) is 37.0 Å². The molecule has 5 heterocycles. The summed E-state index contributed by atoms with van der Waals surface area (Å²) in [7, 11) is 0. The van der Waals surface area contributed by atoms with Gasteiger partial charge in [-0.3, -0.25) is 9.48 Å². The lowest BCUT2D eigenvalue weighted by atomic mass is 9.77. The van der Waals surface area contributed by atoms with Crippen molar-refractivity contribution < 1.29 is 13.9 Å². The Morgan fingerprint density at radius 3 is 2.76 bits per heavy atom. The molecule has 37 heavy (non-hydrogen) atoms. The molecule has 1 spiro atoms. The molecule has 7 rings (SSSR count). The number of anilines is 1. The van der Waals surface area contributed by atoms with Gasteiger partial charge in [0.1, 0.15) is 11.5 Å². The number of hydrogen-bond acceptors (Lipinski definition) is 5. The quantitative estimate of drug-likeness (QED) is 0.398. The van der Waals surface area contributed by atoms with Gasteiger partial charge in [0.05, 0.1) is 47.7 Å². The number of imidazole rings is 1. The molecular formula is C27H26ClFN6O2. The van der Waals surface area contributed by atoms with Crippen LogP contribution in [0.15, 0.2) is 49.1 Å². The molecule has 190 valence electrons. The molecule has 3 fully saturated rings. The SMILES string of the molecule is O=C(NCc1c(N2CC3(COC3)C2)ccc(Cl)c1F)c1cnn(Cc2cn3cc(C4CC4)ccc3n2)c1. The number of aromatic nitrogens is 4. The zero-order chi connectivity index (χ0) is 25.1. The second-order valence-corrected chi connectivity index (χ2v) is 11.0. The van der Waals surface area contributed by atoms with Crippen LogP contribution in [0.4, 0.5) is 10.1 Å². The van der Waals surface area contributed by atoms with Gasteiger partial charge in [0, 0.05) is 49.5 Å². The molecule has 2 saturated heterocycles. The molecule has 1 saturated carbocycles. The number of ether oxygens (including phenoxy) is 1. The van der Waals surface area contributed by atoms with Gasteiger partial charge in [0.2, 0.25) is 0 Å². The zero-order valence-corrected chi connectivity index (χ0v) is 20.9. The van der Waals surface area contributed by atoms with Gasteiger partial charge in [0.25, 0.3) is 5.91 Å². The number of hydrogen-bond donors (Lipinski definition) is 1. The van der Waals surface area contributed by atoms with E-state index >= 15 is 0 Å². The molecule has 10 heteroatoms. The van der Waals surface area contributed by atoms with E-state index in [1.54, 1.807) is 16.9 Å². The van der Waals surface area contributed by atoms with Crippen LogP contribution in [0.2, 0.25) is 5.02 Å². The first-order valence-electron chi connectivity index (χ1n) is 12.5. The summed E-state index contributed by atoms with van der Waals surface area (Å²) in [5.41, 5.74) is 4.83. The van der Waals surface area contributed by atoms with Crippen LogP contribution < -0.4 is 10.2 Å². The molecule has 8 nitrogen and oxygen atoms in total. The van der Waals surface area contributed by atoms with Crippen molar-refractivity contribution in [3.8, 4) is 0 Å². The fourth-order valence-corrected chi connectivity index (χ4v) is 5.53. The average molecular weight is 521 g/mol. The molecule has 1 aliphatic carbocycles. The van der Waals surface area contributed by atoms with Gasteiger partial charge in [-0.05, 0) is 42.5 Å². The van der Waals surface area contributed by atoms with Gasteiger partial charge < -0.3 is 19.4 Å². The van der Waals surface area contributed by atoms with E-state index in [9.17, 15) is 9.18 Å². The summed E-state index contributed by atoms with van der Waals surface area (Å²) in [6.07, 6.45) is 9.85. The van der Waals surface area contributed by atoms with Crippen molar-refractivity contribution in [3.63, 3.8) is 0 Å². The Hall–Kier alpha value is -3.43. The smallest absolute Gasteiger partial charge is 0.254 e. The van der Waals surface area contributed by atoms with Gasteiger partial charge in [0.15, 0.2) is 0 Å². The number of nitrogens with one attached hydrogen (secondary N) is 1. The summed E-state index contributed by atoms with van der Waals surface area (Å²) < 4.78 is 24.0. The number of amides is 1. The second kappa shape index (κ2) is 8.56. The third-order valence-corrected chi connectivity index (χ3v) is 7.89. The number of fused-ring (bicyclic) bond motifs is 1. The first kappa shape index (κ1) is 22.7. The fourth-order valence-electron chi connectivity index (χ4n) is 5.35. The minimum Gasteiger partial charge on any atom is -0.380 e. The minimum atomic E-state index is -0.502. The van der Waals surface area contributed by atoms with Crippen molar-refractivity contribution in [2.45, 2.75) is 31.8 Å². The van der Waals surface area contributed by atoms with E-state index in [1.807, 2.05) is 18.3 Å². The maximum Gasteiger partial charge on any atom is 0.254 e. The second-order valence-electron chi connectivity index (χ2n) is 10.6. The maximum atomic E-state index is 15.0. The van der Waals surface area contributed by atoms with Crippen molar-refractivity contribution >= 4 is 28.8 Å². The molecule has 3 aliphatic rings. The minimum absolute atomic E-state index is 0.0293. The molecule has 0 atom stereocenters. The number of halogens is 2. The summed E-state index contributed by atoms with van der Waals surface area (Å²) in [6.45, 7) is 3.58. The summed E-state index contributed by atoms with van der Waals surface area (Å²) in [5, 5.41) is 7.21. The number of carbonyl (C=O) groups excluding carboxylic acids is 1. The highest BCUT2D eigenvalue weighted by atomic mass is 35.5. The van der Waals surface area contributed by atoms with Crippen molar-refractivity contribution in [1.29, 1.82) is 0 Å². The van der Waals surface area contributed by atoms with Gasteiger partial charge in [-0.2, -0.15) is 5.10 Å². The Kier molecular flexibility index (Phi) is 5.26. The number of carbonyl (C=O) groups is 1. The van der Waals surface area contributed by atoms with E-state index in [0.29, 0.717) is 23.6 Å². The third kappa shape index (κ3) is 4.16. The molecule has 1 N–H and O–H groups in total. The Morgan fingerprint density at radius 2 is 2.00 bits per heavy atom. The van der Waals surface area contributed by atoms with Crippen LogP contribution in [0.1, 0.15) is 45.9 Å². The first-order chi connectivity index (χ1) is 18.0. The molecule has 0 radical (unpaired) electrons. The molecule has 1 amide bonds. The van der Waals surface area contributed by atoms with E-state index in [0.717, 1.165) is 43.3 Å². The lowest BCUT2D eigenvalue weighted by Gasteiger charge is -2.56. The van der Waals surface area contributed by atoms with Crippen LogP contribution in [0.5, 0.6) is 0 Å².